The topological polar surface area (TPSA) is 38.1 Å². The quantitative estimate of drug-likeness (QED) is 0.275. The fourth-order valence-electron chi connectivity index (χ4n) is 5.42. The number of carbonyl (C=O) groups excluding carboxylic acids is 1. The summed E-state index contributed by atoms with van der Waals surface area (Å²) in [5.41, 5.74) is 4.43. The third-order valence-electron chi connectivity index (χ3n) is 7.62. The third-order valence-corrected chi connectivity index (χ3v) is 7.62. The molecule has 1 aliphatic rings. The van der Waals surface area contributed by atoms with Crippen LogP contribution in [-0.2, 0) is 17.5 Å². The highest BCUT2D eigenvalue weighted by molar-refractivity contribution is 6.07. The Balaban J connectivity index is 1.65. The van der Waals surface area contributed by atoms with Crippen molar-refractivity contribution in [3.05, 3.63) is 119 Å². The molecule has 0 amide bonds. The normalized spacial score (nSPS) is 17.0. The maximum absolute atomic E-state index is 14.3. The van der Waals surface area contributed by atoms with Gasteiger partial charge in [-0.15, -0.1) is 0 Å². The summed E-state index contributed by atoms with van der Waals surface area (Å²) in [5.74, 6) is 1.00. The van der Waals surface area contributed by atoms with Gasteiger partial charge in [0.1, 0.15) is 5.82 Å². The van der Waals surface area contributed by atoms with Gasteiger partial charge in [0.25, 0.3) is 0 Å². The molecule has 1 atom stereocenters. The predicted octanol–water partition coefficient (Wildman–Crippen LogP) is 7.24. The fraction of sp³-hybridized carbons (Fsp3) is 0.312. The van der Waals surface area contributed by atoms with Gasteiger partial charge in [-0.25, -0.2) is 4.68 Å². The van der Waals surface area contributed by atoms with Crippen LogP contribution in [0.2, 0.25) is 0 Å². The van der Waals surface area contributed by atoms with E-state index >= 15 is 0 Å². The van der Waals surface area contributed by atoms with Gasteiger partial charge in [0.05, 0.1) is 28.8 Å². The zero-order valence-electron chi connectivity index (χ0n) is 21.9. The maximum atomic E-state index is 14.3. The van der Waals surface area contributed by atoms with Crippen molar-refractivity contribution in [1.29, 1.82) is 0 Å². The van der Waals surface area contributed by atoms with E-state index in [2.05, 4.69) is 109 Å². The average molecular weight is 478 g/mol. The Hall–Kier alpha value is -3.66. The van der Waals surface area contributed by atoms with Crippen LogP contribution < -0.4 is 4.90 Å². The summed E-state index contributed by atoms with van der Waals surface area (Å²) in [6.45, 7) is 11.3. The van der Waals surface area contributed by atoms with E-state index in [9.17, 15) is 4.79 Å². The fourth-order valence-corrected chi connectivity index (χ4v) is 5.42. The second-order valence-electron chi connectivity index (χ2n) is 11.2. The van der Waals surface area contributed by atoms with E-state index in [1.165, 1.54) is 16.7 Å². The first-order valence-electron chi connectivity index (χ1n) is 12.7. The van der Waals surface area contributed by atoms with E-state index in [0.717, 1.165) is 17.8 Å². The Morgan fingerprint density at radius 1 is 0.944 bits per heavy atom. The smallest absolute Gasteiger partial charge is 0.178 e. The SMILES string of the molecule is Cc1ccc(C(C)(C)C(=O)c2cnn3c2N(Cc2ccccc2)C(c2ccccc2)CC3(C)C)cc1. The number of rotatable bonds is 6. The lowest BCUT2D eigenvalue weighted by Gasteiger charge is -2.46. The van der Waals surface area contributed by atoms with E-state index in [0.29, 0.717) is 12.1 Å². The molecule has 4 heteroatoms. The van der Waals surface area contributed by atoms with Crippen molar-refractivity contribution in [1.82, 2.24) is 9.78 Å². The average Bonchev–Trinajstić information content (AvgIpc) is 3.33. The molecule has 184 valence electrons. The van der Waals surface area contributed by atoms with Gasteiger partial charge < -0.3 is 4.90 Å². The van der Waals surface area contributed by atoms with Crippen LogP contribution in [0.15, 0.2) is 91.1 Å². The molecule has 0 N–H and O–H groups in total. The van der Waals surface area contributed by atoms with E-state index in [1.54, 1.807) is 6.20 Å². The predicted molar refractivity (Wildman–Crippen MR) is 147 cm³/mol. The van der Waals surface area contributed by atoms with Gasteiger partial charge in [-0.3, -0.25) is 4.79 Å². The number of aromatic nitrogens is 2. The molecule has 1 aliphatic heterocycles. The van der Waals surface area contributed by atoms with Gasteiger partial charge in [-0.05, 0) is 57.7 Å². The summed E-state index contributed by atoms with van der Waals surface area (Å²) in [6, 6.07) is 29.6. The molecule has 0 bridgehead atoms. The number of fused-ring (bicyclic) bond motifs is 1. The molecular formula is C32H35N3O. The zero-order valence-corrected chi connectivity index (χ0v) is 21.9. The number of Topliss-reactive ketones (excluding diaryl/α,β-unsaturated/α-hetero) is 1. The minimum absolute atomic E-state index is 0.0928. The molecule has 1 aromatic heterocycles. The molecule has 5 rings (SSSR count). The van der Waals surface area contributed by atoms with Crippen molar-refractivity contribution in [2.45, 2.75) is 64.6 Å². The standard InChI is InChI=1S/C32H35N3O/c1-23-16-18-26(19-17-23)32(4,5)29(36)27-21-33-35-30(27)34(22-24-12-8-6-9-13-24)28(20-31(35,2)3)25-14-10-7-11-15-25/h6-19,21,28H,20,22H2,1-5H3. The van der Waals surface area contributed by atoms with Gasteiger partial charge in [0.2, 0.25) is 0 Å². The highest BCUT2D eigenvalue weighted by atomic mass is 16.1. The number of aryl methyl sites for hydroxylation is 1. The highest BCUT2D eigenvalue weighted by Crippen LogP contribution is 2.46. The van der Waals surface area contributed by atoms with Crippen LogP contribution in [0.5, 0.6) is 0 Å². The van der Waals surface area contributed by atoms with Gasteiger partial charge in [0.15, 0.2) is 5.78 Å². The van der Waals surface area contributed by atoms with Crippen LogP contribution in [0.25, 0.3) is 0 Å². The molecule has 4 nitrogen and oxygen atoms in total. The van der Waals surface area contributed by atoms with E-state index in [1.807, 2.05) is 19.9 Å². The van der Waals surface area contributed by atoms with Crippen molar-refractivity contribution in [3.63, 3.8) is 0 Å². The Morgan fingerprint density at radius 2 is 1.56 bits per heavy atom. The summed E-state index contributed by atoms with van der Waals surface area (Å²) >= 11 is 0. The summed E-state index contributed by atoms with van der Waals surface area (Å²) < 4.78 is 2.08. The minimum atomic E-state index is -0.680. The van der Waals surface area contributed by atoms with Gasteiger partial charge in [-0.2, -0.15) is 5.10 Å². The maximum Gasteiger partial charge on any atom is 0.178 e. The Kier molecular flexibility index (Phi) is 6.07. The van der Waals surface area contributed by atoms with Crippen molar-refractivity contribution in [3.8, 4) is 0 Å². The van der Waals surface area contributed by atoms with Gasteiger partial charge in [-0.1, -0.05) is 90.5 Å². The molecule has 2 heterocycles. The Bertz CT molecular complexity index is 1350. The highest BCUT2D eigenvalue weighted by Gasteiger charge is 2.43. The summed E-state index contributed by atoms with van der Waals surface area (Å²) in [6.07, 6.45) is 2.69. The molecule has 3 aromatic carbocycles. The second-order valence-corrected chi connectivity index (χ2v) is 11.2. The van der Waals surface area contributed by atoms with Crippen LogP contribution >= 0.6 is 0 Å². The number of benzene rings is 3. The lowest BCUT2D eigenvalue weighted by atomic mass is 9.77. The molecule has 0 aliphatic carbocycles. The molecule has 1 unspecified atom stereocenters. The summed E-state index contributed by atoms with van der Waals surface area (Å²) in [7, 11) is 0. The van der Waals surface area contributed by atoms with Crippen LogP contribution in [0, 0.1) is 6.92 Å². The second kappa shape index (κ2) is 9.09. The first-order valence-corrected chi connectivity index (χ1v) is 12.7. The zero-order chi connectivity index (χ0) is 25.5. The molecule has 0 saturated heterocycles. The Morgan fingerprint density at radius 3 is 2.19 bits per heavy atom. The van der Waals surface area contributed by atoms with Crippen molar-refractivity contribution < 1.29 is 4.79 Å². The van der Waals surface area contributed by atoms with E-state index < -0.39 is 5.41 Å². The van der Waals surface area contributed by atoms with Crippen LogP contribution in [-0.4, -0.2) is 15.6 Å². The van der Waals surface area contributed by atoms with E-state index in [-0.39, 0.29) is 17.4 Å². The lowest BCUT2D eigenvalue weighted by Crippen LogP contribution is -2.45. The third kappa shape index (κ3) is 4.26. The molecule has 0 spiro atoms. The van der Waals surface area contributed by atoms with Gasteiger partial charge in [0, 0.05) is 6.54 Å². The number of hydrogen-bond acceptors (Lipinski definition) is 3. The van der Waals surface area contributed by atoms with Crippen molar-refractivity contribution >= 4 is 11.6 Å². The summed E-state index contributed by atoms with van der Waals surface area (Å²) in [4.78, 5) is 16.6. The largest absolute Gasteiger partial charge is 0.345 e. The molecule has 4 aromatic rings. The number of hydrogen-bond donors (Lipinski definition) is 0. The molecule has 0 radical (unpaired) electrons. The van der Waals surface area contributed by atoms with Crippen LogP contribution in [0.3, 0.4) is 0 Å². The molecule has 36 heavy (non-hydrogen) atoms. The number of carbonyl (C=O) groups is 1. The monoisotopic (exact) mass is 477 g/mol. The lowest BCUT2D eigenvalue weighted by molar-refractivity contribution is 0.0908. The first kappa shape index (κ1) is 24.1. The van der Waals surface area contributed by atoms with E-state index in [4.69, 9.17) is 5.10 Å². The summed E-state index contributed by atoms with van der Waals surface area (Å²) in [5, 5.41) is 4.83. The number of anilines is 1. The van der Waals surface area contributed by atoms with Crippen molar-refractivity contribution in [2.24, 2.45) is 0 Å². The van der Waals surface area contributed by atoms with Crippen molar-refractivity contribution in [2.75, 3.05) is 4.90 Å². The molecule has 0 fully saturated rings. The first-order chi connectivity index (χ1) is 17.2. The van der Waals surface area contributed by atoms with Gasteiger partial charge >= 0.3 is 0 Å². The minimum Gasteiger partial charge on any atom is -0.345 e. The number of ketones is 1. The van der Waals surface area contributed by atoms with Crippen LogP contribution in [0.4, 0.5) is 5.82 Å². The number of nitrogens with zero attached hydrogens (tertiary/aromatic N) is 3. The molecular weight excluding hydrogens is 442 g/mol. The van der Waals surface area contributed by atoms with Crippen LogP contribution in [0.1, 0.15) is 72.8 Å². The Labute approximate surface area is 214 Å². The molecule has 0 saturated carbocycles.